The standard InChI is InChI=1S/C14H19FN2O/c1-10-3-4-11(15)9-13(10)14(18)17(8-2-7-16)12-5-6-12/h3-4,9,12H,2,5-8,16H2,1H3. The number of carbonyl (C=O) groups is 1. The van der Waals surface area contributed by atoms with Gasteiger partial charge in [-0.25, -0.2) is 4.39 Å². The predicted octanol–water partition coefficient (Wildman–Crippen LogP) is 2.09. The lowest BCUT2D eigenvalue weighted by Crippen LogP contribution is -2.35. The van der Waals surface area contributed by atoms with Gasteiger partial charge in [0.1, 0.15) is 5.82 Å². The number of nitrogens with zero attached hydrogens (tertiary/aromatic N) is 1. The number of hydrogen-bond acceptors (Lipinski definition) is 2. The van der Waals surface area contributed by atoms with Crippen LogP contribution in [0.15, 0.2) is 18.2 Å². The maximum Gasteiger partial charge on any atom is 0.254 e. The van der Waals surface area contributed by atoms with E-state index in [1.807, 2.05) is 11.8 Å². The molecule has 1 fully saturated rings. The van der Waals surface area contributed by atoms with Gasteiger partial charge in [0.15, 0.2) is 0 Å². The Hall–Kier alpha value is -1.42. The Morgan fingerprint density at radius 3 is 2.83 bits per heavy atom. The van der Waals surface area contributed by atoms with Gasteiger partial charge in [-0.2, -0.15) is 0 Å². The molecule has 2 N–H and O–H groups in total. The number of benzene rings is 1. The summed E-state index contributed by atoms with van der Waals surface area (Å²) in [5, 5.41) is 0. The number of carbonyl (C=O) groups excluding carboxylic acids is 1. The highest BCUT2D eigenvalue weighted by atomic mass is 19.1. The van der Waals surface area contributed by atoms with Crippen LogP contribution < -0.4 is 5.73 Å². The molecule has 18 heavy (non-hydrogen) atoms. The molecule has 0 spiro atoms. The summed E-state index contributed by atoms with van der Waals surface area (Å²) in [6.07, 6.45) is 2.88. The quantitative estimate of drug-likeness (QED) is 0.869. The minimum Gasteiger partial charge on any atom is -0.336 e. The van der Waals surface area contributed by atoms with E-state index in [1.54, 1.807) is 6.07 Å². The topological polar surface area (TPSA) is 46.3 Å². The molecule has 1 aromatic carbocycles. The molecule has 1 amide bonds. The lowest BCUT2D eigenvalue weighted by atomic mass is 10.1. The summed E-state index contributed by atoms with van der Waals surface area (Å²) in [7, 11) is 0. The molecule has 4 heteroatoms. The van der Waals surface area contributed by atoms with Crippen LogP contribution in [0.25, 0.3) is 0 Å². The summed E-state index contributed by atoms with van der Waals surface area (Å²) in [6, 6.07) is 4.69. The molecule has 1 aromatic rings. The summed E-state index contributed by atoms with van der Waals surface area (Å²) >= 11 is 0. The molecule has 0 aromatic heterocycles. The van der Waals surface area contributed by atoms with Crippen LogP contribution in [-0.2, 0) is 0 Å². The zero-order valence-corrected chi connectivity index (χ0v) is 10.7. The van der Waals surface area contributed by atoms with Gasteiger partial charge in [0.25, 0.3) is 5.91 Å². The Bertz CT molecular complexity index is 443. The van der Waals surface area contributed by atoms with Crippen molar-refractivity contribution in [2.45, 2.75) is 32.2 Å². The molecule has 1 aliphatic rings. The van der Waals surface area contributed by atoms with Gasteiger partial charge in [-0.3, -0.25) is 4.79 Å². The highest BCUT2D eigenvalue weighted by Crippen LogP contribution is 2.29. The first-order chi connectivity index (χ1) is 8.63. The predicted molar refractivity (Wildman–Crippen MR) is 68.9 cm³/mol. The zero-order valence-electron chi connectivity index (χ0n) is 10.7. The average molecular weight is 250 g/mol. The highest BCUT2D eigenvalue weighted by Gasteiger charge is 2.33. The van der Waals surface area contributed by atoms with E-state index < -0.39 is 0 Å². The van der Waals surface area contributed by atoms with Crippen molar-refractivity contribution in [3.8, 4) is 0 Å². The second-order valence-electron chi connectivity index (χ2n) is 4.83. The van der Waals surface area contributed by atoms with E-state index in [2.05, 4.69) is 0 Å². The van der Waals surface area contributed by atoms with Crippen molar-refractivity contribution >= 4 is 5.91 Å². The van der Waals surface area contributed by atoms with Crippen LogP contribution in [0.1, 0.15) is 35.2 Å². The third-order valence-corrected chi connectivity index (χ3v) is 3.28. The lowest BCUT2D eigenvalue weighted by Gasteiger charge is -2.23. The first-order valence-corrected chi connectivity index (χ1v) is 6.40. The Morgan fingerprint density at radius 1 is 1.50 bits per heavy atom. The van der Waals surface area contributed by atoms with Crippen molar-refractivity contribution < 1.29 is 9.18 Å². The minimum absolute atomic E-state index is 0.0667. The van der Waals surface area contributed by atoms with Crippen molar-refractivity contribution in [3.63, 3.8) is 0 Å². The summed E-state index contributed by atoms with van der Waals surface area (Å²) in [4.78, 5) is 14.3. The van der Waals surface area contributed by atoms with Crippen LogP contribution in [0.3, 0.4) is 0 Å². The van der Waals surface area contributed by atoms with Crippen molar-refractivity contribution in [2.75, 3.05) is 13.1 Å². The van der Waals surface area contributed by atoms with Gasteiger partial charge in [0, 0.05) is 18.2 Å². The normalized spacial score (nSPS) is 14.6. The maximum absolute atomic E-state index is 13.2. The Balaban J connectivity index is 2.19. The van der Waals surface area contributed by atoms with E-state index >= 15 is 0 Å². The fourth-order valence-corrected chi connectivity index (χ4v) is 2.08. The molecule has 1 saturated carbocycles. The fraction of sp³-hybridized carbons (Fsp3) is 0.500. The molecule has 3 nitrogen and oxygen atoms in total. The third-order valence-electron chi connectivity index (χ3n) is 3.28. The Kier molecular flexibility index (Phi) is 3.97. The van der Waals surface area contributed by atoms with Crippen molar-refractivity contribution in [1.29, 1.82) is 0 Å². The Labute approximate surface area is 107 Å². The summed E-state index contributed by atoms with van der Waals surface area (Å²) in [5.41, 5.74) is 6.78. The molecule has 1 aliphatic carbocycles. The van der Waals surface area contributed by atoms with Gasteiger partial charge >= 0.3 is 0 Å². The molecule has 0 unspecified atom stereocenters. The minimum atomic E-state index is -0.362. The molecular formula is C14H19FN2O. The van der Waals surface area contributed by atoms with E-state index in [-0.39, 0.29) is 11.7 Å². The smallest absolute Gasteiger partial charge is 0.254 e. The average Bonchev–Trinajstić information content (AvgIpc) is 3.17. The summed E-state index contributed by atoms with van der Waals surface area (Å²) in [6.45, 7) is 3.06. The Morgan fingerprint density at radius 2 is 2.22 bits per heavy atom. The zero-order chi connectivity index (χ0) is 13.1. The van der Waals surface area contributed by atoms with Gasteiger partial charge < -0.3 is 10.6 Å². The molecule has 0 atom stereocenters. The van der Waals surface area contributed by atoms with Crippen LogP contribution in [0.2, 0.25) is 0 Å². The van der Waals surface area contributed by atoms with E-state index in [1.165, 1.54) is 12.1 Å². The molecule has 0 aliphatic heterocycles. The fourth-order valence-electron chi connectivity index (χ4n) is 2.08. The van der Waals surface area contributed by atoms with Crippen LogP contribution in [0.5, 0.6) is 0 Å². The molecule has 0 radical (unpaired) electrons. The van der Waals surface area contributed by atoms with E-state index in [9.17, 15) is 9.18 Å². The molecule has 0 saturated heterocycles. The SMILES string of the molecule is Cc1ccc(F)cc1C(=O)N(CCCN)C1CC1. The van der Waals surface area contributed by atoms with Gasteiger partial charge in [0.05, 0.1) is 0 Å². The second kappa shape index (κ2) is 5.48. The van der Waals surface area contributed by atoms with Crippen molar-refractivity contribution in [2.24, 2.45) is 5.73 Å². The summed E-state index contributed by atoms with van der Waals surface area (Å²) in [5.74, 6) is -0.429. The van der Waals surface area contributed by atoms with Gasteiger partial charge in [-0.15, -0.1) is 0 Å². The van der Waals surface area contributed by atoms with Crippen LogP contribution in [0, 0.1) is 12.7 Å². The van der Waals surface area contributed by atoms with E-state index in [4.69, 9.17) is 5.73 Å². The lowest BCUT2D eigenvalue weighted by molar-refractivity contribution is 0.0741. The number of hydrogen-bond donors (Lipinski definition) is 1. The second-order valence-corrected chi connectivity index (χ2v) is 4.83. The number of nitrogens with two attached hydrogens (primary N) is 1. The highest BCUT2D eigenvalue weighted by molar-refractivity contribution is 5.96. The molecular weight excluding hydrogens is 231 g/mol. The first kappa shape index (κ1) is 13.0. The van der Waals surface area contributed by atoms with Crippen LogP contribution in [0.4, 0.5) is 4.39 Å². The molecule has 0 heterocycles. The van der Waals surface area contributed by atoms with Crippen molar-refractivity contribution in [1.82, 2.24) is 4.90 Å². The van der Waals surface area contributed by atoms with Gasteiger partial charge in [0.2, 0.25) is 0 Å². The van der Waals surface area contributed by atoms with Gasteiger partial charge in [-0.05, 0) is 50.4 Å². The molecule has 2 rings (SSSR count). The maximum atomic E-state index is 13.2. The number of halogens is 1. The van der Waals surface area contributed by atoms with Crippen molar-refractivity contribution in [3.05, 3.63) is 35.1 Å². The number of rotatable bonds is 5. The third kappa shape index (κ3) is 2.88. The number of aryl methyl sites for hydroxylation is 1. The molecule has 0 bridgehead atoms. The van der Waals surface area contributed by atoms with Crippen LogP contribution in [-0.4, -0.2) is 29.9 Å². The monoisotopic (exact) mass is 250 g/mol. The largest absolute Gasteiger partial charge is 0.336 e. The van der Waals surface area contributed by atoms with E-state index in [0.29, 0.717) is 24.7 Å². The first-order valence-electron chi connectivity index (χ1n) is 6.40. The summed E-state index contributed by atoms with van der Waals surface area (Å²) < 4.78 is 13.2. The van der Waals surface area contributed by atoms with Crippen LogP contribution >= 0.6 is 0 Å². The van der Waals surface area contributed by atoms with Gasteiger partial charge in [-0.1, -0.05) is 6.07 Å². The molecule has 98 valence electrons. The number of amides is 1. The van der Waals surface area contributed by atoms with E-state index in [0.717, 1.165) is 24.8 Å².